The summed E-state index contributed by atoms with van der Waals surface area (Å²) in [6.45, 7) is 0. The fraction of sp³-hybridized carbons (Fsp3) is 0.130. The quantitative estimate of drug-likeness (QED) is 0.383. The van der Waals surface area contributed by atoms with E-state index in [2.05, 4.69) is 5.32 Å². The number of rotatable bonds is 6. The first-order valence-electron chi connectivity index (χ1n) is 9.40. The van der Waals surface area contributed by atoms with Crippen LogP contribution in [0.4, 0.5) is 18.9 Å². The Morgan fingerprint density at radius 3 is 2.12 bits per heavy atom. The van der Waals surface area contributed by atoms with Crippen molar-refractivity contribution in [3.8, 4) is 5.75 Å². The number of benzene rings is 3. The summed E-state index contributed by atoms with van der Waals surface area (Å²) in [5, 5.41) is 11.6. The molecule has 32 heavy (non-hydrogen) atoms. The lowest BCUT2D eigenvalue weighted by Crippen LogP contribution is -2.27. The number of hydrogen-bond acceptors (Lipinski definition) is 4. The smallest absolute Gasteiger partial charge is 0.419 e. The molecule has 0 saturated heterocycles. The van der Waals surface area contributed by atoms with E-state index in [1.54, 1.807) is 47.9 Å². The highest BCUT2D eigenvalue weighted by Crippen LogP contribution is 2.36. The van der Waals surface area contributed by atoms with Crippen molar-refractivity contribution in [1.29, 1.82) is 0 Å². The number of nitrogens with one attached hydrogen (secondary N) is 2. The molecule has 0 radical (unpaired) electrons. The maximum atomic E-state index is 13.2. The number of hydroxylamine groups is 1. The van der Waals surface area contributed by atoms with Crippen LogP contribution in [-0.4, -0.2) is 24.1 Å². The number of anilines is 1. The molecule has 2 amide bonds. The summed E-state index contributed by atoms with van der Waals surface area (Å²) in [6, 6.07) is 18.0. The van der Waals surface area contributed by atoms with Gasteiger partial charge in [-0.25, -0.2) is 5.48 Å². The molecule has 6 nitrogen and oxygen atoms in total. The SMILES string of the molecule is COc1ccc(C(=O)Nc2ccc(C(C(=O)NO)c3ccccc3)cc2)cc1C(F)(F)F. The highest BCUT2D eigenvalue weighted by Gasteiger charge is 2.35. The van der Waals surface area contributed by atoms with Gasteiger partial charge in [0.1, 0.15) is 5.75 Å². The van der Waals surface area contributed by atoms with Crippen LogP contribution in [0, 0.1) is 0 Å². The number of hydrogen-bond donors (Lipinski definition) is 3. The first-order valence-corrected chi connectivity index (χ1v) is 9.40. The van der Waals surface area contributed by atoms with Gasteiger partial charge in [0, 0.05) is 11.3 Å². The lowest BCUT2D eigenvalue weighted by Gasteiger charge is -2.16. The zero-order valence-electron chi connectivity index (χ0n) is 16.8. The molecular formula is C23H19F3N2O4. The highest BCUT2D eigenvalue weighted by atomic mass is 19.4. The van der Waals surface area contributed by atoms with Gasteiger partial charge in [-0.3, -0.25) is 14.8 Å². The first kappa shape index (κ1) is 22.8. The van der Waals surface area contributed by atoms with Crippen LogP contribution >= 0.6 is 0 Å². The van der Waals surface area contributed by atoms with E-state index in [9.17, 15) is 22.8 Å². The molecule has 9 heteroatoms. The van der Waals surface area contributed by atoms with Crippen molar-refractivity contribution in [3.63, 3.8) is 0 Å². The Morgan fingerprint density at radius 2 is 1.56 bits per heavy atom. The van der Waals surface area contributed by atoms with Crippen LogP contribution in [0.5, 0.6) is 5.75 Å². The standard InChI is InChI=1S/C23H19F3N2O4/c1-32-19-12-9-16(13-18(19)23(24,25)26)21(29)27-17-10-7-15(8-11-17)20(22(30)28-31)14-5-3-2-4-6-14/h2-13,20,31H,1H3,(H,27,29)(H,28,30). The third-order valence-corrected chi connectivity index (χ3v) is 4.77. The molecule has 0 spiro atoms. The number of ether oxygens (including phenoxy) is 1. The summed E-state index contributed by atoms with van der Waals surface area (Å²) in [5.74, 6) is -2.54. The average molecular weight is 444 g/mol. The largest absolute Gasteiger partial charge is 0.496 e. The van der Waals surface area contributed by atoms with Gasteiger partial charge < -0.3 is 10.1 Å². The summed E-state index contributed by atoms with van der Waals surface area (Å²) < 4.78 is 44.3. The lowest BCUT2D eigenvalue weighted by atomic mass is 9.90. The molecule has 0 aliphatic carbocycles. The van der Waals surface area contributed by atoms with Gasteiger partial charge in [0.25, 0.3) is 11.8 Å². The Bertz CT molecular complexity index is 1100. The molecule has 3 aromatic rings. The number of halogens is 3. The van der Waals surface area contributed by atoms with E-state index in [-0.39, 0.29) is 11.3 Å². The van der Waals surface area contributed by atoms with Crippen LogP contribution < -0.4 is 15.5 Å². The van der Waals surface area contributed by atoms with Gasteiger partial charge >= 0.3 is 6.18 Å². The Balaban J connectivity index is 1.82. The summed E-state index contributed by atoms with van der Waals surface area (Å²) in [7, 11) is 1.12. The molecule has 3 N–H and O–H groups in total. The van der Waals surface area contributed by atoms with Crippen molar-refractivity contribution >= 4 is 17.5 Å². The molecule has 166 valence electrons. The fourth-order valence-electron chi connectivity index (χ4n) is 3.24. The molecule has 0 aromatic heterocycles. The number of carbonyl (C=O) groups is 2. The molecule has 0 aliphatic rings. The minimum absolute atomic E-state index is 0.191. The first-order chi connectivity index (χ1) is 15.2. The van der Waals surface area contributed by atoms with Gasteiger partial charge in [-0.05, 0) is 41.5 Å². The van der Waals surface area contributed by atoms with Crippen molar-refractivity contribution in [1.82, 2.24) is 5.48 Å². The topological polar surface area (TPSA) is 87.7 Å². The van der Waals surface area contributed by atoms with Gasteiger partial charge in [0.05, 0.1) is 18.6 Å². The second-order valence-corrected chi connectivity index (χ2v) is 6.81. The summed E-state index contributed by atoms with van der Waals surface area (Å²) >= 11 is 0. The normalized spacial score (nSPS) is 12.0. The van der Waals surface area contributed by atoms with E-state index in [0.717, 1.165) is 19.2 Å². The molecular weight excluding hydrogens is 425 g/mol. The van der Waals surface area contributed by atoms with E-state index in [4.69, 9.17) is 9.94 Å². The molecule has 0 saturated carbocycles. The Labute approximate surface area is 181 Å². The second-order valence-electron chi connectivity index (χ2n) is 6.81. The van der Waals surface area contributed by atoms with Gasteiger partial charge in [-0.1, -0.05) is 42.5 Å². The van der Waals surface area contributed by atoms with E-state index in [1.165, 1.54) is 18.2 Å². The zero-order chi connectivity index (χ0) is 23.3. The van der Waals surface area contributed by atoms with E-state index in [1.807, 2.05) is 0 Å². The number of amides is 2. The van der Waals surface area contributed by atoms with Gasteiger partial charge in [-0.15, -0.1) is 0 Å². The van der Waals surface area contributed by atoms with Crippen molar-refractivity contribution in [2.45, 2.75) is 12.1 Å². The van der Waals surface area contributed by atoms with Crippen molar-refractivity contribution in [3.05, 3.63) is 95.1 Å². The predicted octanol–water partition coefficient (Wildman–Crippen LogP) is 4.60. The maximum absolute atomic E-state index is 13.2. The van der Waals surface area contributed by atoms with Gasteiger partial charge in [0.15, 0.2) is 0 Å². The summed E-state index contributed by atoms with van der Waals surface area (Å²) in [6.07, 6.45) is -4.68. The van der Waals surface area contributed by atoms with Gasteiger partial charge in [0.2, 0.25) is 0 Å². The van der Waals surface area contributed by atoms with Crippen LogP contribution in [0.15, 0.2) is 72.8 Å². The maximum Gasteiger partial charge on any atom is 0.419 e. The molecule has 3 rings (SSSR count). The second kappa shape index (κ2) is 9.52. The Morgan fingerprint density at radius 1 is 0.938 bits per heavy atom. The van der Waals surface area contributed by atoms with Crippen molar-refractivity contribution in [2.24, 2.45) is 0 Å². The lowest BCUT2D eigenvalue weighted by molar-refractivity contribution is -0.138. The average Bonchev–Trinajstić information content (AvgIpc) is 2.79. The van der Waals surface area contributed by atoms with Crippen molar-refractivity contribution < 1.29 is 32.7 Å². The predicted molar refractivity (Wildman–Crippen MR) is 111 cm³/mol. The van der Waals surface area contributed by atoms with Crippen molar-refractivity contribution in [2.75, 3.05) is 12.4 Å². The third-order valence-electron chi connectivity index (χ3n) is 4.77. The minimum atomic E-state index is -4.68. The molecule has 1 atom stereocenters. The van der Waals surface area contributed by atoms with Gasteiger partial charge in [-0.2, -0.15) is 13.2 Å². The van der Waals surface area contributed by atoms with Crippen LogP contribution in [-0.2, 0) is 11.0 Å². The molecule has 0 bridgehead atoms. The minimum Gasteiger partial charge on any atom is -0.496 e. The zero-order valence-corrected chi connectivity index (χ0v) is 16.8. The number of methoxy groups -OCH3 is 1. The molecule has 3 aromatic carbocycles. The monoisotopic (exact) mass is 444 g/mol. The van der Waals surface area contributed by atoms with Crippen LogP contribution in [0.3, 0.4) is 0 Å². The summed E-state index contributed by atoms with van der Waals surface area (Å²) in [4.78, 5) is 24.7. The highest BCUT2D eigenvalue weighted by molar-refractivity contribution is 6.04. The van der Waals surface area contributed by atoms with E-state index < -0.39 is 29.5 Å². The summed E-state index contributed by atoms with van der Waals surface area (Å²) in [5.41, 5.74) is 1.92. The van der Waals surface area contributed by atoms with E-state index in [0.29, 0.717) is 16.8 Å². The van der Waals surface area contributed by atoms with E-state index >= 15 is 0 Å². The Hall–Kier alpha value is -3.85. The molecule has 0 fully saturated rings. The fourth-order valence-corrected chi connectivity index (χ4v) is 3.24. The number of alkyl halides is 3. The molecule has 0 aliphatic heterocycles. The number of carbonyl (C=O) groups excluding carboxylic acids is 2. The van der Waals surface area contributed by atoms with Crippen LogP contribution in [0.1, 0.15) is 33.0 Å². The molecule has 0 heterocycles. The molecule has 1 unspecified atom stereocenters. The van der Waals surface area contributed by atoms with Crippen LogP contribution in [0.2, 0.25) is 0 Å². The van der Waals surface area contributed by atoms with Crippen LogP contribution in [0.25, 0.3) is 0 Å². The Kier molecular flexibility index (Phi) is 6.79. The third kappa shape index (κ3) is 5.06.